The molecule has 0 bridgehead atoms. The van der Waals surface area contributed by atoms with Gasteiger partial charge in [0.05, 0.1) is 6.61 Å². The lowest BCUT2D eigenvalue weighted by atomic mass is 9.98. The van der Waals surface area contributed by atoms with E-state index in [1.165, 1.54) is 0 Å². The molecular formula is C11H19F3N2O2. The molecule has 2 N–H and O–H groups in total. The second-order valence-corrected chi connectivity index (χ2v) is 4.42. The number of hydrogen-bond acceptors (Lipinski definition) is 3. The Balaban J connectivity index is 2.00. The monoisotopic (exact) mass is 268 g/mol. The van der Waals surface area contributed by atoms with Crippen LogP contribution in [0.4, 0.5) is 13.2 Å². The quantitative estimate of drug-likeness (QED) is 0.709. The van der Waals surface area contributed by atoms with Gasteiger partial charge in [-0.1, -0.05) is 0 Å². The number of ether oxygens (including phenoxy) is 1. The van der Waals surface area contributed by atoms with Crippen LogP contribution in [0.15, 0.2) is 0 Å². The number of carbonyl (C=O) groups excluding carboxylic acids is 1. The van der Waals surface area contributed by atoms with Gasteiger partial charge in [0.1, 0.15) is 6.61 Å². The average Bonchev–Trinajstić information content (AvgIpc) is 2.32. The summed E-state index contributed by atoms with van der Waals surface area (Å²) in [7, 11) is 0. The van der Waals surface area contributed by atoms with E-state index in [0.29, 0.717) is 12.5 Å². The lowest BCUT2D eigenvalue weighted by Gasteiger charge is -2.22. The zero-order chi connectivity index (χ0) is 13.4. The summed E-state index contributed by atoms with van der Waals surface area (Å²) in [6.45, 7) is 1.01. The molecule has 1 rings (SSSR count). The summed E-state index contributed by atoms with van der Waals surface area (Å²) in [5.41, 5.74) is 0. The van der Waals surface area contributed by atoms with Gasteiger partial charge in [0.15, 0.2) is 0 Å². The van der Waals surface area contributed by atoms with Crippen LogP contribution in [0.1, 0.15) is 19.3 Å². The summed E-state index contributed by atoms with van der Waals surface area (Å²) in [6, 6.07) is 0. The maximum atomic E-state index is 11.7. The molecule has 1 fully saturated rings. The Labute approximate surface area is 104 Å². The number of piperidine rings is 1. The third kappa shape index (κ3) is 7.50. The zero-order valence-electron chi connectivity index (χ0n) is 10.2. The van der Waals surface area contributed by atoms with Crippen molar-refractivity contribution in [1.82, 2.24) is 10.6 Å². The second-order valence-electron chi connectivity index (χ2n) is 4.42. The van der Waals surface area contributed by atoms with Gasteiger partial charge in [-0.15, -0.1) is 0 Å². The van der Waals surface area contributed by atoms with E-state index >= 15 is 0 Å². The van der Waals surface area contributed by atoms with E-state index in [-0.39, 0.29) is 18.9 Å². The van der Waals surface area contributed by atoms with Crippen LogP contribution < -0.4 is 10.6 Å². The molecule has 106 valence electrons. The fourth-order valence-corrected chi connectivity index (χ4v) is 1.79. The number of hydrogen-bond donors (Lipinski definition) is 2. The van der Waals surface area contributed by atoms with Crippen LogP contribution in [-0.4, -0.2) is 44.9 Å². The fraction of sp³-hybridized carbons (Fsp3) is 0.909. The normalized spacial score (nSPS) is 17.7. The van der Waals surface area contributed by atoms with E-state index in [4.69, 9.17) is 0 Å². The molecule has 1 aliphatic heterocycles. The van der Waals surface area contributed by atoms with E-state index in [1.807, 2.05) is 0 Å². The van der Waals surface area contributed by atoms with E-state index in [0.717, 1.165) is 25.9 Å². The summed E-state index contributed by atoms with van der Waals surface area (Å²) in [6.07, 6.45) is -2.32. The zero-order valence-corrected chi connectivity index (χ0v) is 10.2. The van der Waals surface area contributed by atoms with Crippen molar-refractivity contribution in [3.05, 3.63) is 0 Å². The van der Waals surface area contributed by atoms with Crippen molar-refractivity contribution < 1.29 is 22.7 Å². The van der Waals surface area contributed by atoms with Gasteiger partial charge in [0.25, 0.3) is 0 Å². The summed E-state index contributed by atoms with van der Waals surface area (Å²) >= 11 is 0. The lowest BCUT2D eigenvalue weighted by Crippen LogP contribution is -2.36. The van der Waals surface area contributed by atoms with Crippen molar-refractivity contribution in [3.8, 4) is 0 Å². The Bertz CT molecular complexity index is 253. The summed E-state index contributed by atoms with van der Waals surface area (Å²) < 4.78 is 39.6. The summed E-state index contributed by atoms with van der Waals surface area (Å²) in [5.74, 6) is 0.210. The SMILES string of the molecule is O=C(CCOCC(F)(F)F)NCC1CCNCC1. The van der Waals surface area contributed by atoms with Gasteiger partial charge in [0.2, 0.25) is 5.91 Å². The van der Waals surface area contributed by atoms with Crippen LogP contribution in [0, 0.1) is 5.92 Å². The molecule has 0 saturated carbocycles. The molecule has 0 aromatic heterocycles. The molecule has 0 unspecified atom stereocenters. The van der Waals surface area contributed by atoms with Crippen molar-refractivity contribution in [2.45, 2.75) is 25.4 Å². The van der Waals surface area contributed by atoms with Gasteiger partial charge in [-0.25, -0.2) is 0 Å². The van der Waals surface area contributed by atoms with Crippen LogP contribution in [0.2, 0.25) is 0 Å². The summed E-state index contributed by atoms with van der Waals surface area (Å²) in [5, 5.41) is 5.94. The van der Waals surface area contributed by atoms with Gasteiger partial charge in [-0.3, -0.25) is 4.79 Å². The van der Waals surface area contributed by atoms with Crippen molar-refractivity contribution in [1.29, 1.82) is 0 Å². The Morgan fingerprint density at radius 1 is 1.33 bits per heavy atom. The molecule has 0 atom stereocenters. The topological polar surface area (TPSA) is 50.4 Å². The third-order valence-electron chi connectivity index (χ3n) is 2.79. The molecule has 0 aliphatic carbocycles. The van der Waals surface area contributed by atoms with Crippen LogP contribution in [0.5, 0.6) is 0 Å². The van der Waals surface area contributed by atoms with Crippen molar-refractivity contribution in [3.63, 3.8) is 0 Å². The largest absolute Gasteiger partial charge is 0.411 e. The standard InChI is InChI=1S/C11H19F3N2O2/c12-11(13,14)8-18-6-3-10(17)16-7-9-1-4-15-5-2-9/h9,15H,1-8H2,(H,16,17). The van der Waals surface area contributed by atoms with E-state index in [1.54, 1.807) is 0 Å². The highest BCUT2D eigenvalue weighted by Gasteiger charge is 2.27. The first-order chi connectivity index (χ1) is 8.47. The lowest BCUT2D eigenvalue weighted by molar-refractivity contribution is -0.174. The maximum absolute atomic E-state index is 11.7. The van der Waals surface area contributed by atoms with Gasteiger partial charge >= 0.3 is 6.18 Å². The van der Waals surface area contributed by atoms with Crippen LogP contribution in [-0.2, 0) is 9.53 Å². The Kier molecular flexibility index (Phi) is 6.42. The predicted molar refractivity (Wildman–Crippen MR) is 60.1 cm³/mol. The first-order valence-corrected chi connectivity index (χ1v) is 6.09. The molecule has 7 heteroatoms. The van der Waals surface area contributed by atoms with Gasteiger partial charge in [0, 0.05) is 13.0 Å². The minimum atomic E-state index is -4.33. The highest BCUT2D eigenvalue weighted by atomic mass is 19.4. The number of alkyl halides is 3. The third-order valence-corrected chi connectivity index (χ3v) is 2.79. The summed E-state index contributed by atoms with van der Waals surface area (Å²) in [4.78, 5) is 11.3. The van der Waals surface area contributed by atoms with Gasteiger partial charge in [-0.2, -0.15) is 13.2 Å². The molecule has 18 heavy (non-hydrogen) atoms. The van der Waals surface area contributed by atoms with Crippen LogP contribution in [0.3, 0.4) is 0 Å². The molecule has 1 saturated heterocycles. The van der Waals surface area contributed by atoms with E-state index in [9.17, 15) is 18.0 Å². The minimum absolute atomic E-state index is 0.0267. The highest BCUT2D eigenvalue weighted by molar-refractivity contribution is 5.75. The molecule has 0 aromatic rings. The Morgan fingerprint density at radius 3 is 2.61 bits per heavy atom. The molecule has 0 spiro atoms. The molecular weight excluding hydrogens is 249 g/mol. The second kappa shape index (κ2) is 7.58. The number of carbonyl (C=O) groups is 1. The first kappa shape index (κ1) is 15.2. The number of halogens is 3. The molecule has 4 nitrogen and oxygen atoms in total. The molecule has 0 aromatic carbocycles. The van der Waals surface area contributed by atoms with E-state index < -0.39 is 12.8 Å². The van der Waals surface area contributed by atoms with Crippen molar-refractivity contribution in [2.75, 3.05) is 32.8 Å². The predicted octanol–water partition coefficient (Wildman–Crippen LogP) is 1.07. The first-order valence-electron chi connectivity index (χ1n) is 6.09. The maximum Gasteiger partial charge on any atom is 0.411 e. The van der Waals surface area contributed by atoms with Crippen molar-refractivity contribution >= 4 is 5.91 Å². The number of amides is 1. The molecule has 0 radical (unpaired) electrons. The molecule has 1 aliphatic rings. The molecule has 1 heterocycles. The molecule has 1 amide bonds. The number of nitrogens with one attached hydrogen (secondary N) is 2. The van der Waals surface area contributed by atoms with Crippen molar-refractivity contribution in [2.24, 2.45) is 5.92 Å². The smallest absolute Gasteiger partial charge is 0.372 e. The number of rotatable bonds is 6. The highest BCUT2D eigenvalue weighted by Crippen LogP contribution is 2.14. The fourth-order valence-electron chi connectivity index (χ4n) is 1.79. The van der Waals surface area contributed by atoms with Gasteiger partial charge in [-0.05, 0) is 31.8 Å². The van der Waals surface area contributed by atoms with E-state index in [2.05, 4.69) is 15.4 Å². The van der Waals surface area contributed by atoms with Gasteiger partial charge < -0.3 is 15.4 Å². The average molecular weight is 268 g/mol. The minimum Gasteiger partial charge on any atom is -0.372 e. The van der Waals surface area contributed by atoms with Crippen LogP contribution >= 0.6 is 0 Å². The van der Waals surface area contributed by atoms with Crippen LogP contribution in [0.25, 0.3) is 0 Å². The Morgan fingerprint density at radius 2 is 2.00 bits per heavy atom. The Hall–Kier alpha value is -0.820.